The maximum absolute atomic E-state index is 6.22. The van der Waals surface area contributed by atoms with E-state index >= 15 is 0 Å². The molecule has 0 atom stereocenters. The summed E-state index contributed by atoms with van der Waals surface area (Å²) in [7, 11) is 0. The molecule has 0 aliphatic heterocycles. The van der Waals surface area contributed by atoms with Crippen LogP contribution in [0.25, 0.3) is 28.3 Å². The number of benzene rings is 2. The largest absolute Gasteiger partial charge is 0.208 e. The first kappa shape index (κ1) is 17.1. The Kier molecular flexibility index (Phi) is 4.96. The zero-order valence-electron chi connectivity index (χ0n) is 13.9. The van der Waals surface area contributed by atoms with Crippen LogP contribution in [0.4, 0.5) is 0 Å². The van der Waals surface area contributed by atoms with E-state index < -0.39 is 0 Å². The quantitative estimate of drug-likeness (QED) is 0.491. The van der Waals surface area contributed by atoms with Gasteiger partial charge in [-0.25, -0.2) is 15.0 Å². The Morgan fingerprint density at radius 1 is 0.808 bits per heavy atom. The lowest BCUT2D eigenvalue weighted by molar-refractivity contribution is 1.01. The lowest BCUT2D eigenvalue weighted by Gasteiger charge is -2.10. The molecular weight excluding hydrogens is 410 g/mol. The fraction of sp³-hybridized carbons (Fsp3) is 0.0952. The number of nitrogens with zero attached hydrogens (tertiary/aromatic N) is 3. The molecule has 2 aromatic carbocycles. The molecule has 1 heterocycles. The van der Waals surface area contributed by atoms with Crippen molar-refractivity contribution in [3.05, 3.63) is 82.1 Å². The van der Waals surface area contributed by atoms with Crippen LogP contribution in [0.1, 0.15) is 18.7 Å². The highest BCUT2D eigenvalue weighted by Crippen LogP contribution is 2.28. The number of allylic oxidation sites excluding steroid dienone is 4. The second kappa shape index (κ2) is 7.52. The number of hydrogen-bond donors (Lipinski definition) is 0. The molecule has 0 radical (unpaired) electrons. The summed E-state index contributed by atoms with van der Waals surface area (Å²) in [4.78, 5) is 14.1. The van der Waals surface area contributed by atoms with Crippen LogP contribution in [0.3, 0.4) is 0 Å². The van der Waals surface area contributed by atoms with Gasteiger partial charge in [0.2, 0.25) is 0 Å². The van der Waals surface area contributed by atoms with E-state index in [9.17, 15) is 0 Å². The molecular formula is C21H15BrClN3. The normalized spacial score (nSPS) is 13.5. The van der Waals surface area contributed by atoms with E-state index in [4.69, 9.17) is 26.6 Å². The first-order chi connectivity index (χ1) is 12.7. The van der Waals surface area contributed by atoms with Gasteiger partial charge in [0.1, 0.15) is 0 Å². The fourth-order valence-electron chi connectivity index (χ4n) is 2.81. The van der Waals surface area contributed by atoms with Gasteiger partial charge in [0.05, 0.1) is 0 Å². The van der Waals surface area contributed by atoms with Crippen molar-refractivity contribution in [3.63, 3.8) is 0 Å². The number of hydrogen-bond acceptors (Lipinski definition) is 3. The van der Waals surface area contributed by atoms with E-state index in [1.165, 1.54) is 0 Å². The molecule has 0 spiro atoms. The SMILES string of the molecule is Clc1cc(Br)cc(-c2nc(C3=CCCC=C3)nc(-c3ccccc3)n2)c1. The van der Waals surface area contributed by atoms with Crippen LogP contribution in [0, 0.1) is 0 Å². The summed E-state index contributed by atoms with van der Waals surface area (Å²) < 4.78 is 0.889. The number of aromatic nitrogens is 3. The van der Waals surface area contributed by atoms with Gasteiger partial charge < -0.3 is 0 Å². The lowest BCUT2D eigenvalue weighted by atomic mass is 10.1. The summed E-state index contributed by atoms with van der Waals surface area (Å²) in [6.07, 6.45) is 8.44. The molecule has 128 valence electrons. The first-order valence-corrected chi connectivity index (χ1v) is 9.51. The average Bonchev–Trinajstić information content (AvgIpc) is 2.68. The standard InChI is InChI=1S/C21H15BrClN3/c22-17-11-16(12-18(23)13-17)21-25-19(14-7-3-1-4-8-14)24-20(26-21)15-9-5-2-6-10-15/h1,3-5,7-13H,2,6H2. The van der Waals surface area contributed by atoms with E-state index in [-0.39, 0.29) is 0 Å². The summed E-state index contributed by atoms with van der Waals surface area (Å²) in [6, 6.07) is 15.6. The molecule has 3 nitrogen and oxygen atoms in total. The minimum Gasteiger partial charge on any atom is -0.208 e. The molecule has 1 aliphatic carbocycles. The van der Waals surface area contributed by atoms with Gasteiger partial charge in [-0.15, -0.1) is 0 Å². The van der Waals surface area contributed by atoms with Crippen molar-refractivity contribution in [1.82, 2.24) is 15.0 Å². The maximum Gasteiger partial charge on any atom is 0.164 e. The molecule has 3 aromatic rings. The van der Waals surface area contributed by atoms with Gasteiger partial charge >= 0.3 is 0 Å². The first-order valence-electron chi connectivity index (χ1n) is 8.34. The minimum atomic E-state index is 0.608. The van der Waals surface area contributed by atoms with Crippen molar-refractivity contribution in [1.29, 1.82) is 0 Å². The smallest absolute Gasteiger partial charge is 0.164 e. The Bertz CT molecular complexity index is 993. The van der Waals surface area contributed by atoms with Crippen LogP contribution in [-0.2, 0) is 0 Å². The van der Waals surface area contributed by atoms with Crippen LogP contribution in [0.15, 0.2) is 71.2 Å². The summed E-state index contributed by atoms with van der Waals surface area (Å²) in [6.45, 7) is 0. The zero-order valence-corrected chi connectivity index (χ0v) is 16.2. The van der Waals surface area contributed by atoms with Crippen LogP contribution in [0.5, 0.6) is 0 Å². The average molecular weight is 425 g/mol. The molecule has 0 amide bonds. The maximum atomic E-state index is 6.22. The van der Waals surface area contributed by atoms with E-state index in [0.717, 1.165) is 34.0 Å². The van der Waals surface area contributed by atoms with Crippen molar-refractivity contribution in [3.8, 4) is 22.8 Å². The third kappa shape index (κ3) is 3.76. The molecule has 26 heavy (non-hydrogen) atoms. The number of rotatable bonds is 3. The molecule has 1 aromatic heterocycles. The van der Waals surface area contributed by atoms with E-state index in [1.54, 1.807) is 0 Å². The summed E-state index contributed by atoms with van der Waals surface area (Å²) >= 11 is 9.71. The third-order valence-electron chi connectivity index (χ3n) is 4.04. The highest BCUT2D eigenvalue weighted by atomic mass is 79.9. The third-order valence-corrected chi connectivity index (χ3v) is 4.72. The van der Waals surface area contributed by atoms with Crippen molar-refractivity contribution in [2.24, 2.45) is 0 Å². The molecule has 0 unspecified atom stereocenters. The van der Waals surface area contributed by atoms with Crippen molar-refractivity contribution < 1.29 is 0 Å². The van der Waals surface area contributed by atoms with Crippen LogP contribution < -0.4 is 0 Å². The molecule has 0 N–H and O–H groups in total. The van der Waals surface area contributed by atoms with E-state index in [0.29, 0.717) is 22.5 Å². The Labute approximate surface area is 165 Å². The van der Waals surface area contributed by atoms with Crippen LogP contribution >= 0.6 is 27.5 Å². The minimum absolute atomic E-state index is 0.608. The van der Waals surface area contributed by atoms with Gasteiger partial charge in [0, 0.05) is 26.2 Å². The molecule has 0 saturated heterocycles. The predicted octanol–water partition coefficient (Wildman–Crippen LogP) is 6.35. The molecule has 0 bridgehead atoms. The Morgan fingerprint density at radius 3 is 2.23 bits per heavy atom. The summed E-state index contributed by atoms with van der Waals surface area (Å²) in [5, 5.41) is 0.634. The van der Waals surface area contributed by atoms with Crippen molar-refractivity contribution >= 4 is 33.1 Å². The summed E-state index contributed by atoms with van der Waals surface area (Å²) in [5.74, 6) is 1.94. The fourth-order valence-corrected chi connectivity index (χ4v) is 3.67. The van der Waals surface area contributed by atoms with Crippen molar-refractivity contribution in [2.75, 3.05) is 0 Å². The van der Waals surface area contributed by atoms with Gasteiger partial charge in [0.15, 0.2) is 17.5 Å². The van der Waals surface area contributed by atoms with Gasteiger partial charge in [-0.2, -0.15) is 0 Å². The lowest BCUT2D eigenvalue weighted by Crippen LogP contribution is -2.03. The van der Waals surface area contributed by atoms with Gasteiger partial charge in [-0.05, 0) is 31.0 Å². The van der Waals surface area contributed by atoms with E-state index in [2.05, 4.69) is 34.2 Å². The van der Waals surface area contributed by atoms with Gasteiger partial charge in [-0.3, -0.25) is 0 Å². The highest BCUT2D eigenvalue weighted by Gasteiger charge is 2.14. The monoisotopic (exact) mass is 423 g/mol. The molecule has 5 heteroatoms. The van der Waals surface area contributed by atoms with Gasteiger partial charge in [-0.1, -0.05) is 76.1 Å². The van der Waals surface area contributed by atoms with Crippen LogP contribution in [-0.4, -0.2) is 15.0 Å². The Balaban J connectivity index is 1.90. The van der Waals surface area contributed by atoms with Gasteiger partial charge in [0.25, 0.3) is 0 Å². The second-order valence-electron chi connectivity index (χ2n) is 5.97. The molecule has 4 rings (SSSR count). The molecule has 0 saturated carbocycles. The van der Waals surface area contributed by atoms with Crippen molar-refractivity contribution in [2.45, 2.75) is 12.8 Å². The summed E-state index contributed by atoms with van der Waals surface area (Å²) in [5.41, 5.74) is 2.84. The molecule has 1 aliphatic rings. The zero-order chi connectivity index (χ0) is 17.9. The number of halogens is 2. The topological polar surface area (TPSA) is 38.7 Å². The molecule has 0 fully saturated rings. The van der Waals surface area contributed by atoms with E-state index in [1.807, 2.05) is 48.5 Å². The second-order valence-corrected chi connectivity index (χ2v) is 7.32. The Morgan fingerprint density at radius 2 is 1.54 bits per heavy atom. The predicted molar refractivity (Wildman–Crippen MR) is 110 cm³/mol. The Hall–Kier alpha value is -2.30. The highest BCUT2D eigenvalue weighted by molar-refractivity contribution is 9.10. The van der Waals surface area contributed by atoms with Crippen LogP contribution in [0.2, 0.25) is 5.02 Å².